The van der Waals surface area contributed by atoms with Gasteiger partial charge in [0.1, 0.15) is 5.60 Å². The molecule has 1 aliphatic heterocycles. The van der Waals surface area contributed by atoms with E-state index in [4.69, 9.17) is 0 Å². The minimum absolute atomic E-state index is 0.0351. The highest BCUT2D eigenvalue weighted by atomic mass is 32.2. The van der Waals surface area contributed by atoms with Gasteiger partial charge in [0.25, 0.3) is 5.91 Å². The second-order valence-electron chi connectivity index (χ2n) is 9.51. The van der Waals surface area contributed by atoms with Crippen molar-refractivity contribution in [1.82, 2.24) is 14.9 Å². The van der Waals surface area contributed by atoms with E-state index in [-0.39, 0.29) is 42.5 Å². The first-order valence-electron chi connectivity index (χ1n) is 12.2. The highest BCUT2D eigenvalue weighted by Crippen LogP contribution is 2.40. The van der Waals surface area contributed by atoms with Crippen LogP contribution in [0.4, 0.5) is 13.2 Å². The first-order chi connectivity index (χ1) is 18.5. The summed E-state index contributed by atoms with van der Waals surface area (Å²) in [6, 6.07) is 16.7. The molecule has 39 heavy (non-hydrogen) atoms. The maximum atomic E-state index is 13.4. The second kappa shape index (κ2) is 10.0. The molecule has 0 aliphatic carbocycles. The standard InChI is InChI=1S/C28H24F3N3O4S/c29-28(30,31)22-6-3-15-33-25(22)27(36)12-16-34(17-13-27)26(35)21-10-8-19(9-11-21)18-39(37,38)23-7-1-4-20-5-2-14-32-24(20)23/h1-11,14-15,36H,12-13,16-18H2. The van der Waals surface area contributed by atoms with Crippen LogP contribution in [0.15, 0.2) is 84.0 Å². The number of halogens is 3. The third-order valence-corrected chi connectivity index (χ3v) is 8.63. The fourth-order valence-electron chi connectivity index (χ4n) is 4.87. The summed E-state index contributed by atoms with van der Waals surface area (Å²) in [4.78, 5) is 22.7. The third kappa shape index (κ3) is 5.37. The van der Waals surface area contributed by atoms with Crippen molar-refractivity contribution in [2.45, 2.75) is 35.3 Å². The summed E-state index contributed by atoms with van der Waals surface area (Å²) in [7, 11) is -3.72. The van der Waals surface area contributed by atoms with E-state index in [9.17, 15) is 31.5 Å². The van der Waals surface area contributed by atoms with Gasteiger partial charge in [0.2, 0.25) is 0 Å². The number of carbonyl (C=O) groups excluding carboxylic acids is 1. The van der Waals surface area contributed by atoms with E-state index < -0.39 is 32.9 Å². The zero-order chi connectivity index (χ0) is 27.8. The van der Waals surface area contributed by atoms with E-state index >= 15 is 0 Å². The molecule has 0 spiro atoms. The number of aliphatic hydroxyl groups is 1. The summed E-state index contributed by atoms with van der Waals surface area (Å²) in [6.45, 7) is 0.0703. The molecule has 2 aromatic heterocycles. The van der Waals surface area contributed by atoms with Crippen molar-refractivity contribution < 1.29 is 31.5 Å². The summed E-state index contributed by atoms with van der Waals surface area (Å²) in [5.74, 6) is -0.638. The number of alkyl halides is 3. The van der Waals surface area contributed by atoms with E-state index in [0.717, 1.165) is 6.07 Å². The molecule has 0 saturated carbocycles. The van der Waals surface area contributed by atoms with Crippen molar-refractivity contribution in [3.63, 3.8) is 0 Å². The Labute approximate surface area is 222 Å². The van der Waals surface area contributed by atoms with E-state index in [1.165, 1.54) is 41.6 Å². The zero-order valence-corrected chi connectivity index (χ0v) is 21.4. The number of hydrogen-bond donors (Lipinski definition) is 1. The maximum absolute atomic E-state index is 13.4. The van der Waals surface area contributed by atoms with Crippen LogP contribution >= 0.6 is 0 Å². The molecule has 1 amide bonds. The number of amides is 1. The molecular weight excluding hydrogens is 531 g/mol. The summed E-state index contributed by atoms with van der Waals surface area (Å²) in [5, 5.41) is 11.7. The Morgan fingerprint density at radius 3 is 2.26 bits per heavy atom. The number of pyridine rings is 2. The smallest absolute Gasteiger partial charge is 0.383 e. The van der Waals surface area contributed by atoms with Crippen LogP contribution < -0.4 is 0 Å². The molecule has 0 unspecified atom stereocenters. The summed E-state index contributed by atoms with van der Waals surface area (Å²) in [6.07, 6.45) is -2.12. The number of hydrogen-bond acceptors (Lipinski definition) is 6. The minimum atomic E-state index is -4.66. The van der Waals surface area contributed by atoms with Crippen LogP contribution in [0.5, 0.6) is 0 Å². The van der Waals surface area contributed by atoms with Crippen molar-refractivity contribution in [3.05, 3.63) is 102 Å². The molecule has 2 aromatic carbocycles. The quantitative estimate of drug-likeness (QED) is 0.382. The van der Waals surface area contributed by atoms with Crippen molar-refractivity contribution in [1.29, 1.82) is 0 Å². The predicted molar refractivity (Wildman–Crippen MR) is 137 cm³/mol. The van der Waals surface area contributed by atoms with Gasteiger partial charge in [0.05, 0.1) is 27.4 Å². The Morgan fingerprint density at radius 1 is 0.923 bits per heavy atom. The fraction of sp³-hybridized carbons (Fsp3) is 0.250. The predicted octanol–water partition coefficient (Wildman–Crippen LogP) is 4.75. The van der Waals surface area contributed by atoms with Gasteiger partial charge in [-0.1, -0.05) is 30.3 Å². The van der Waals surface area contributed by atoms with Crippen LogP contribution in [-0.4, -0.2) is 47.4 Å². The van der Waals surface area contributed by atoms with Crippen LogP contribution in [0.2, 0.25) is 0 Å². The van der Waals surface area contributed by atoms with E-state index in [2.05, 4.69) is 9.97 Å². The number of aromatic nitrogens is 2. The lowest BCUT2D eigenvalue weighted by atomic mass is 9.85. The van der Waals surface area contributed by atoms with Gasteiger partial charge >= 0.3 is 6.18 Å². The highest BCUT2D eigenvalue weighted by molar-refractivity contribution is 7.90. The van der Waals surface area contributed by atoms with Crippen molar-refractivity contribution in [3.8, 4) is 0 Å². The number of para-hydroxylation sites is 1. The van der Waals surface area contributed by atoms with Crippen LogP contribution in [0.1, 0.15) is 40.0 Å². The Balaban J connectivity index is 1.28. The van der Waals surface area contributed by atoms with Gasteiger partial charge < -0.3 is 10.0 Å². The fourth-order valence-corrected chi connectivity index (χ4v) is 6.41. The van der Waals surface area contributed by atoms with Crippen molar-refractivity contribution in [2.75, 3.05) is 13.1 Å². The molecule has 0 radical (unpaired) electrons. The molecule has 0 atom stereocenters. The lowest BCUT2D eigenvalue weighted by Gasteiger charge is -2.38. The lowest BCUT2D eigenvalue weighted by Crippen LogP contribution is -2.46. The molecule has 1 N–H and O–H groups in total. The molecule has 11 heteroatoms. The van der Waals surface area contributed by atoms with Crippen LogP contribution in [0, 0.1) is 0 Å². The first kappa shape index (κ1) is 26.8. The average Bonchev–Trinajstić information content (AvgIpc) is 2.92. The second-order valence-corrected chi connectivity index (χ2v) is 11.5. The number of nitrogens with zero attached hydrogens (tertiary/aromatic N) is 3. The van der Waals surface area contributed by atoms with E-state index in [1.807, 2.05) is 0 Å². The van der Waals surface area contributed by atoms with Crippen LogP contribution in [0.25, 0.3) is 10.9 Å². The van der Waals surface area contributed by atoms with Gasteiger partial charge in [-0.15, -0.1) is 0 Å². The maximum Gasteiger partial charge on any atom is 0.418 e. The normalized spacial score (nSPS) is 15.8. The molecule has 1 saturated heterocycles. The number of carbonyl (C=O) groups is 1. The van der Waals surface area contributed by atoms with Gasteiger partial charge in [0, 0.05) is 36.4 Å². The van der Waals surface area contributed by atoms with Crippen LogP contribution in [0.3, 0.4) is 0 Å². The van der Waals surface area contributed by atoms with Gasteiger partial charge in [-0.3, -0.25) is 14.8 Å². The Hall–Kier alpha value is -3.83. The molecule has 202 valence electrons. The number of piperidine rings is 1. The van der Waals surface area contributed by atoms with Gasteiger partial charge in [-0.05, 0) is 54.8 Å². The number of benzene rings is 2. The Kier molecular flexibility index (Phi) is 6.90. The molecule has 7 nitrogen and oxygen atoms in total. The molecule has 3 heterocycles. The Morgan fingerprint density at radius 2 is 1.56 bits per heavy atom. The van der Waals surface area contributed by atoms with E-state index in [1.54, 1.807) is 36.4 Å². The third-order valence-electron chi connectivity index (χ3n) is 6.92. The van der Waals surface area contributed by atoms with Crippen LogP contribution in [-0.2, 0) is 27.4 Å². The van der Waals surface area contributed by atoms with Gasteiger partial charge in [-0.25, -0.2) is 8.42 Å². The monoisotopic (exact) mass is 555 g/mol. The average molecular weight is 556 g/mol. The first-order valence-corrected chi connectivity index (χ1v) is 13.8. The number of fused-ring (bicyclic) bond motifs is 1. The number of rotatable bonds is 5. The highest BCUT2D eigenvalue weighted by Gasteiger charge is 2.44. The minimum Gasteiger partial charge on any atom is -0.383 e. The van der Waals surface area contributed by atoms with Crippen molar-refractivity contribution >= 4 is 26.6 Å². The molecule has 1 fully saturated rings. The molecular formula is C28H24F3N3O4S. The van der Waals surface area contributed by atoms with E-state index in [0.29, 0.717) is 22.0 Å². The summed E-state index contributed by atoms with van der Waals surface area (Å²) >= 11 is 0. The molecule has 5 rings (SSSR count). The molecule has 4 aromatic rings. The summed E-state index contributed by atoms with van der Waals surface area (Å²) < 4.78 is 66.6. The summed E-state index contributed by atoms with van der Waals surface area (Å²) in [5.41, 5.74) is -2.04. The SMILES string of the molecule is O=C(c1ccc(CS(=O)(=O)c2cccc3cccnc23)cc1)N1CCC(O)(c2ncccc2C(F)(F)F)CC1. The zero-order valence-electron chi connectivity index (χ0n) is 20.6. The largest absolute Gasteiger partial charge is 0.418 e. The number of sulfone groups is 1. The topological polar surface area (TPSA) is 100 Å². The lowest BCUT2D eigenvalue weighted by molar-refractivity contribution is -0.142. The number of likely N-dealkylation sites (tertiary alicyclic amines) is 1. The van der Waals surface area contributed by atoms with Crippen molar-refractivity contribution in [2.24, 2.45) is 0 Å². The molecule has 1 aliphatic rings. The van der Waals surface area contributed by atoms with Gasteiger partial charge in [-0.2, -0.15) is 13.2 Å². The Bertz CT molecular complexity index is 1630. The molecule has 0 bridgehead atoms. The van der Waals surface area contributed by atoms with Gasteiger partial charge in [0.15, 0.2) is 9.84 Å².